The molecule has 2 aromatic carbocycles. The van der Waals surface area contributed by atoms with Crippen LogP contribution in [0.15, 0.2) is 47.0 Å². The summed E-state index contributed by atoms with van der Waals surface area (Å²) >= 11 is 0. The molecule has 2 fully saturated rings. The van der Waals surface area contributed by atoms with Crippen molar-refractivity contribution in [2.45, 2.75) is 50.8 Å². The van der Waals surface area contributed by atoms with Crippen LogP contribution >= 0.6 is 0 Å². The van der Waals surface area contributed by atoms with Crippen LogP contribution in [0.4, 0.5) is 18.0 Å². The number of halogens is 3. The van der Waals surface area contributed by atoms with E-state index in [4.69, 9.17) is 18.7 Å². The quantitative estimate of drug-likeness (QED) is 0.459. The third kappa shape index (κ3) is 4.92. The van der Waals surface area contributed by atoms with Crippen LogP contribution < -0.4 is 9.47 Å². The SMILES string of the molecule is CC(C)(C)OC(=O)N1CCOCC12CC2Oc1noc2ccc(-c3ccc(OC(F)(F)F)cc3)cc12. The fourth-order valence-corrected chi connectivity index (χ4v) is 4.31. The van der Waals surface area contributed by atoms with E-state index in [1.54, 1.807) is 23.1 Å². The normalized spacial score (nSPS) is 22.1. The van der Waals surface area contributed by atoms with Gasteiger partial charge in [-0.2, -0.15) is 0 Å². The minimum atomic E-state index is -4.75. The Morgan fingerprint density at radius 2 is 1.83 bits per heavy atom. The van der Waals surface area contributed by atoms with Crippen molar-refractivity contribution in [1.82, 2.24) is 10.1 Å². The number of hydrogen-bond acceptors (Lipinski definition) is 7. The average molecular weight is 506 g/mol. The van der Waals surface area contributed by atoms with E-state index in [-0.39, 0.29) is 17.7 Å². The van der Waals surface area contributed by atoms with E-state index in [2.05, 4.69) is 9.89 Å². The van der Waals surface area contributed by atoms with Gasteiger partial charge in [0.25, 0.3) is 5.88 Å². The minimum absolute atomic E-state index is 0.264. The van der Waals surface area contributed by atoms with Crippen molar-refractivity contribution in [3.8, 4) is 22.8 Å². The van der Waals surface area contributed by atoms with Crippen LogP contribution in [0.5, 0.6) is 11.6 Å². The van der Waals surface area contributed by atoms with Crippen molar-refractivity contribution in [1.29, 1.82) is 0 Å². The van der Waals surface area contributed by atoms with Crippen LogP contribution in [0.1, 0.15) is 27.2 Å². The van der Waals surface area contributed by atoms with Gasteiger partial charge in [0.2, 0.25) is 0 Å². The van der Waals surface area contributed by atoms with Gasteiger partial charge in [0.1, 0.15) is 23.0 Å². The van der Waals surface area contributed by atoms with E-state index < -0.39 is 23.6 Å². The first kappa shape index (κ1) is 24.2. The molecule has 192 valence electrons. The van der Waals surface area contributed by atoms with Crippen LogP contribution in [0.2, 0.25) is 0 Å². The highest BCUT2D eigenvalue weighted by Gasteiger charge is 2.64. The molecule has 36 heavy (non-hydrogen) atoms. The molecule has 1 spiro atoms. The second-order valence-corrected chi connectivity index (χ2v) is 9.87. The summed E-state index contributed by atoms with van der Waals surface area (Å²) in [6, 6.07) is 10.8. The van der Waals surface area contributed by atoms with Gasteiger partial charge in [0.05, 0.1) is 18.6 Å². The van der Waals surface area contributed by atoms with E-state index >= 15 is 0 Å². The average Bonchev–Trinajstić information content (AvgIpc) is 3.29. The van der Waals surface area contributed by atoms with E-state index in [1.165, 1.54) is 24.3 Å². The number of benzene rings is 2. The number of amides is 1. The minimum Gasteiger partial charge on any atom is -0.469 e. The molecule has 0 N–H and O–H groups in total. The van der Waals surface area contributed by atoms with Gasteiger partial charge in [-0.15, -0.1) is 13.2 Å². The molecular weight excluding hydrogens is 481 g/mol. The fraction of sp³-hybridized carbons (Fsp3) is 0.440. The van der Waals surface area contributed by atoms with Gasteiger partial charge in [-0.05, 0) is 61.3 Å². The largest absolute Gasteiger partial charge is 0.573 e. The Bertz CT molecular complexity index is 1270. The third-order valence-corrected chi connectivity index (χ3v) is 6.05. The van der Waals surface area contributed by atoms with Gasteiger partial charge >= 0.3 is 12.5 Å². The van der Waals surface area contributed by atoms with Gasteiger partial charge in [-0.1, -0.05) is 18.2 Å². The summed E-state index contributed by atoms with van der Waals surface area (Å²) in [7, 11) is 0. The number of rotatable bonds is 4. The molecule has 2 atom stereocenters. The van der Waals surface area contributed by atoms with Crippen LogP contribution in [-0.4, -0.2) is 59.5 Å². The van der Waals surface area contributed by atoms with Crippen molar-refractivity contribution >= 4 is 17.1 Å². The Morgan fingerprint density at radius 1 is 1.11 bits per heavy atom. The Labute approximate surface area is 204 Å². The van der Waals surface area contributed by atoms with Crippen LogP contribution in [0.3, 0.4) is 0 Å². The molecule has 1 aromatic heterocycles. The second-order valence-electron chi connectivity index (χ2n) is 9.87. The summed E-state index contributed by atoms with van der Waals surface area (Å²) in [5.41, 5.74) is 0.633. The number of hydrogen-bond donors (Lipinski definition) is 0. The van der Waals surface area contributed by atoms with E-state index in [9.17, 15) is 18.0 Å². The van der Waals surface area contributed by atoms with Crippen LogP contribution in [0, 0.1) is 0 Å². The lowest BCUT2D eigenvalue weighted by atomic mass is 10.0. The maximum absolute atomic E-state index is 12.8. The molecule has 1 saturated heterocycles. The highest BCUT2D eigenvalue weighted by Crippen LogP contribution is 2.48. The highest BCUT2D eigenvalue weighted by atomic mass is 19.4. The standard InChI is InChI=1S/C25H25F3N2O6/c1-23(2,3)35-22(31)30-10-11-32-14-24(30)13-20(24)33-21-18-12-16(6-9-19(18)36-29-21)15-4-7-17(8-5-15)34-25(26,27)28/h4-9,12,20H,10-11,13-14H2,1-3H3. The molecule has 2 heterocycles. The maximum atomic E-state index is 12.8. The number of morpholine rings is 1. The zero-order valence-electron chi connectivity index (χ0n) is 19.9. The topological polar surface area (TPSA) is 83.3 Å². The Kier molecular flexibility index (Phi) is 5.77. The molecule has 5 rings (SSSR count). The van der Waals surface area contributed by atoms with Gasteiger partial charge in [0, 0.05) is 13.0 Å². The first-order valence-electron chi connectivity index (χ1n) is 11.4. The van der Waals surface area contributed by atoms with Crippen molar-refractivity contribution < 1.29 is 41.4 Å². The maximum Gasteiger partial charge on any atom is 0.573 e. The zero-order valence-corrected chi connectivity index (χ0v) is 19.9. The molecule has 1 aliphatic heterocycles. The molecule has 8 nitrogen and oxygen atoms in total. The number of carbonyl (C=O) groups excluding carboxylic acids is 1. The first-order valence-corrected chi connectivity index (χ1v) is 11.4. The molecule has 1 aliphatic carbocycles. The summed E-state index contributed by atoms with van der Waals surface area (Å²) in [5, 5.41) is 4.66. The summed E-state index contributed by atoms with van der Waals surface area (Å²) in [5.74, 6) is -0.0370. The second kappa shape index (κ2) is 8.58. The molecule has 3 aromatic rings. The molecule has 2 aliphatic rings. The zero-order chi connectivity index (χ0) is 25.7. The first-order chi connectivity index (χ1) is 16.9. The summed E-state index contributed by atoms with van der Waals surface area (Å²) < 4.78 is 64.1. The van der Waals surface area contributed by atoms with Crippen molar-refractivity contribution in [3.05, 3.63) is 42.5 Å². The van der Waals surface area contributed by atoms with E-state index in [1.807, 2.05) is 20.8 Å². The van der Waals surface area contributed by atoms with Gasteiger partial charge < -0.3 is 23.5 Å². The van der Waals surface area contributed by atoms with Gasteiger partial charge in [-0.25, -0.2) is 4.79 Å². The number of ether oxygens (including phenoxy) is 4. The smallest absolute Gasteiger partial charge is 0.469 e. The molecule has 1 amide bonds. The van der Waals surface area contributed by atoms with Gasteiger partial charge in [-0.3, -0.25) is 4.90 Å². The molecule has 0 radical (unpaired) electrons. The number of nitrogens with zero attached hydrogens (tertiary/aromatic N) is 2. The van der Waals surface area contributed by atoms with E-state index in [0.29, 0.717) is 42.7 Å². The third-order valence-electron chi connectivity index (χ3n) is 6.05. The van der Waals surface area contributed by atoms with Crippen molar-refractivity contribution in [3.63, 3.8) is 0 Å². The van der Waals surface area contributed by atoms with Crippen molar-refractivity contribution in [2.75, 3.05) is 19.8 Å². The lowest BCUT2D eigenvalue weighted by Crippen LogP contribution is -2.54. The summed E-state index contributed by atoms with van der Waals surface area (Å²) in [6.07, 6.45) is -4.97. The Balaban J connectivity index is 1.35. The lowest BCUT2D eigenvalue weighted by Gasteiger charge is -2.37. The summed E-state index contributed by atoms with van der Waals surface area (Å²) in [4.78, 5) is 14.5. The lowest BCUT2D eigenvalue weighted by molar-refractivity contribution is -0.274. The molecule has 11 heteroatoms. The predicted octanol–water partition coefficient (Wildman–Crippen LogP) is 5.55. The highest BCUT2D eigenvalue weighted by molar-refractivity contribution is 5.87. The number of aromatic nitrogens is 1. The van der Waals surface area contributed by atoms with Crippen LogP contribution in [-0.2, 0) is 9.47 Å². The number of fused-ring (bicyclic) bond motifs is 1. The predicted molar refractivity (Wildman–Crippen MR) is 122 cm³/mol. The van der Waals surface area contributed by atoms with E-state index in [0.717, 1.165) is 5.56 Å². The molecule has 0 bridgehead atoms. The molecular formula is C25H25F3N2O6. The Hall–Kier alpha value is -3.47. The number of alkyl halides is 3. The molecule has 1 saturated carbocycles. The number of carbonyl (C=O) groups is 1. The van der Waals surface area contributed by atoms with Crippen molar-refractivity contribution in [2.24, 2.45) is 0 Å². The molecule has 2 unspecified atom stereocenters. The summed E-state index contributed by atoms with van der Waals surface area (Å²) in [6.45, 7) is 6.58. The fourth-order valence-electron chi connectivity index (χ4n) is 4.31. The van der Waals surface area contributed by atoms with Gasteiger partial charge in [0.15, 0.2) is 5.58 Å². The van der Waals surface area contributed by atoms with Crippen LogP contribution in [0.25, 0.3) is 22.1 Å². The Morgan fingerprint density at radius 3 is 2.53 bits per heavy atom. The monoisotopic (exact) mass is 506 g/mol.